The van der Waals surface area contributed by atoms with E-state index in [-0.39, 0.29) is 42.0 Å². The Kier molecular flexibility index (Phi) is 6.28. The summed E-state index contributed by atoms with van der Waals surface area (Å²) >= 11 is 0. The third kappa shape index (κ3) is 5.13. The summed E-state index contributed by atoms with van der Waals surface area (Å²) in [6.45, 7) is 4.48. The fourth-order valence-electron chi connectivity index (χ4n) is 2.85. The van der Waals surface area contributed by atoms with Crippen molar-refractivity contribution in [2.45, 2.75) is 51.7 Å². The third-order valence-electron chi connectivity index (χ3n) is 4.24. The van der Waals surface area contributed by atoms with Gasteiger partial charge in [-0.15, -0.1) is 0 Å². The summed E-state index contributed by atoms with van der Waals surface area (Å²) in [6.07, 6.45) is 2.72. The van der Waals surface area contributed by atoms with E-state index in [1.807, 2.05) is 6.92 Å². The minimum atomic E-state index is -0.368. The van der Waals surface area contributed by atoms with E-state index in [1.54, 1.807) is 0 Å². The molecule has 1 aromatic carbocycles. The molecule has 126 valence electrons. The van der Waals surface area contributed by atoms with Gasteiger partial charge in [0.15, 0.2) is 5.78 Å². The fourth-order valence-corrected chi connectivity index (χ4v) is 2.85. The Balaban J connectivity index is 1.83. The first-order chi connectivity index (χ1) is 11.0. The van der Waals surface area contributed by atoms with Gasteiger partial charge in [-0.2, -0.15) is 0 Å². The molecule has 0 aliphatic carbocycles. The van der Waals surface area contributed by atoms with Gasteiger partial charge in [0.1, 0.15) is 5.82 Å². The fraction of sp³-hybridized carbons (Fsp3) is 0.556. The van der Waals surface area contributed by atoms with Crippen molar-refractivity contribution >= 4 is 11.7 Å². The van der Waals surface area contributed by atoms with E-state index in [0.29, 0.717) is 12.2 Å². The number of carbonyl (C=O) groups excluding carboxylic acids is 2. The van der Waals surface area contributed by atoms with Crippen LogP contribution in [0.3, 0.4) is 0 Å². The zero-order chi connectivity index (χ0) is 16.8. The molecule has 1 heterocycles. The van der Waals surface area contributed by atoms with Crippen molar-refractivity contribution in [3.8, 4) is 0 Å². The lowest BCUT2D eigenvalue weighted by Crippen LogP contribution is -2.41. The number of carbonyl (C=O) groups is 2. The summed E-state index contributed by atoms with van der Waals surface area (Å²) in [5.74, 6) is -0.521. The van der Waals surface area contributed by atoms with Gasteiger partial charge in [-0.05, 0) is 50.5 Å². The number of halogens is 1. The van der Waals surface area contributed by atoms with Crippen LogP contribution in [0.1, 0.15) is 49.9 Å². The van der Waals surface area contributed by atoms with Crippen molar-refractivity contribution in [1.82, 2.24) is 5.32 Å². The Hall–Kier alpha value is -1.75. The smallest absolute Gasteiger partial charge is 0.223 e. The molecular weight excluding hydrogens is 297 g/mol. The third-order valence-corrected chi connectivity index (χ3v) is 4.24. The maximum Gasteiger partial charge on any atom is 0.223 e. The number of amides is 1. The van der Waals surface area contributed by atoms with E-state index >= 15 is 0 Å². The number of hydrogen-bond donors (Lipinski definition) is 1. The molecule has 0 saturated carbocycles. The van der Waals surface area contributed by atoms with Crippen LogP contribution in [0.25, 0.3) is 0 Å². The van der Waals surface area contributed by atoms with Crippen molar-refractivity contribution < 1.29 is 18.7 Å². The molecule has 0 aromatic heterocycles. The monoisotopic (exact) mass is 321 g/mol. The number of rotatable bonds is 6. The summed E-state index contributed by atoms with van der Waals surface area (Å²) in [7, 11) is 0. The minimum absolute atomic E-state index is 0.00819. The van der Waals surface area contributed by atoms with Gasteiger partial charge in [0.05, 0.1) is 6.10 Å². The molecule has 0 spiro atoms. The second kappa shape index (κ2) is 8.20. The quantitative estimate of drug-likeness (QED) is 0.819. The maximum atomic E-state index is 12.9. The average molecular weight is 321 g/mol. The maximum absolute atomic E-state index is 12.9. The first-order valence-electron chi connectivity index (χ1n) is 8.20. The standard InChI is InChI=1S/C18H24FNO3/c1-3-16-11-14(8-9-23-16)18(22)20-12(2)10-17(21)13-4-6-15(19)7-5-13/h4-7,12,14,16H,3,8-11H2,1-2H3,(H,20,22)/t12-,14+,16-/m1/s1. The van der Waals surface area contributed by atoms with Crippen LogP contribution in [0.2, 0.25) is 0 Å². The highest BCUT2D eigenvalue weighted by molar-refractivity contribution is 5.96. The highest BCUT2D eigenvalue weighted by atomic mass is 19.1. The zero-order valence-electron chi connectivity index (χ0n) is 13.7. The van der Waals surface area contributed by atoms with Crippen molar-refractivity contribution in [3.05, 3.63) is 35.6 Å². The summed E-state index contributed by atoms with van der Waals surface area (Å²) in [6, 6.07) is 5.22. The number of hydrogen-bond acceptors (Lipinski definition) is 3. The molecule has 4 nitrogen and oxygen atoms in total. The molecule has 1 N–H and O–H groups in total. The number of ketones is 1. The van der Waals surface area contributed by atoms with Crippen LogP contribution in [0.15, 0.2) is 24.3 Å². The lowest BCUT2D eigenvalue weighted by molar-refractivity contribution is -0.130. The van der Waals surface area contributed by atoms with Crippen molar-refractivity contribution in [3.63, 3.8) is 0 Å². The summed E-state index contributed by atoms with van der Waals surface area (Å²) in [5, 5.41) is 2.92. The van der Waals surface area contributed by atoms with E-state index in [0.717, 1.165) is 19.3 Å². The average Bonchev–Trinajstić information content (AvgIpc) is 2.55. The highest BCUT2D eigenvalue weighted by Gasteiger charge is 2.27. The molecule has 23 heavy (non-hydrogen) atoms. The van der Waals surface area contributed by atoms with Crippen LogP contribution >= 0.6 is 0 Å². The molecule has 1 fully saturated rings. The molecule has 5 heteroatoms. The molecule has 1 saturated heterocycles. The Bertz CT molecular complexity index is 544. The van der Waals surface area contributed by atoms with Crippen LogP contribution in [-0.4, -0.2) is 30.4 Å². The van der Waals surface area contributed by atoms with Gasteiger partial charge >= 0.3 is 0 Å². The van der Waals surface area contributed by atoms with Gasteiger partial charge in [-0.3, -0.25) is 9.59 Å². The second-order valence-electron chi connectivity index (χ2n) is 6.17. The molecular formula is C18H24FNO3. The Labute approximate surface area is 136 Å². The predicted octanol–water partition coefficient (Wildman–Crippen LogP) is 3.11. The Morgan fingerprint density at radius 1 is 1.35 bits per heavy atom. The van der Waals surface area contributed by atoms with Crippen molar-refractivity contribution in [1.29, 1.82) is 0 Å². The Morgan fingerprint density at radius 3 is 2.70 bits per heavy atom. The number of Topliss-reactive ketones (excluding diaryl/α,β-unsaturated/α-hetero) is 1. The lowest BCUT2D eigenvalue weighted by atomic mass is 9.93. The molecule has 1 amide bonds. The lowest BCUT2D eigenvalue weighted by Gasteiger charge is -2.29. The topological polar surface area (TPSA) is 55.4 Å². The van der Waals surface area contributed by atoms with Crippen LogP contribution in [0.4, 0.5) is 4.39 Å². The predicted molar refractivity (Wildman–Crippen MR) is 85.7 cm³/mol. The summed E-state index contributed by atoms with van der Waals surface area (Å²) < 4.78 is 18.5. The first kappa shape index (κ1) is 17.6. The van der Waals surface area contributed by atoms with Gasteiger partial charge in [-0.1, -0.05) is 6.92 Å². The molecule has 1 aliphatic rings. The largest absolute Gasteiger partial charge is 0.378 e. The van der Waals surface area contributed by atoms with E-state index in [4.69, 9.17) is 4.74 Å². The SMILES string of the molecule is CC[C@@H]1C[C@@H](C(=O)N[C@H](C)CC(=O)c2ccc(F)cc2)CCO1. The van der Waals surface area contributed by atoms with Gasteiger partial charge in [0, 0.05) is 30.6 Å². The molecule has 1 aliphatic heterocycles. The number of ether oxygens (including phenoxy) is 1. The van der Waals surface area contributed by atoms with Gasteiger partial charge in [0.2, 0.25) is 5.91 Å². The van der Waals surface area contributed by atoms with Crippen LogP contribution < -0.4 is 5.32 Å². The van der Waals surface area contributed by atoms with Crippen LogP contribution in [-0.2, 0) is 9.53 Å². The van der Waals surface area contributed by atoms with Gasteiger partial charge in [0.25, 0.3) is 0 Å². The van der Waals surface area contributed by atoms with Crippen LogP contribution in [0, 0.1) is 11.7 Å². The van der Waals surface area contributed by atoms with E-state index < -0.39 is 0 Å². The van der Waals surface area contributed by atoms with E-state index in [1.165, 1.54) is 24.3 Å². The van der Waals surface area contributed by atoms with Gasteiger partial charge < -0.3 is 10.1 Å². The normalized spacial score (nSPS) is 22.4. The molecule has 1 aromatic rings. The second-order valence-corrected chi connectivity index (χ2v) is 6.17. The molecule has 0 radical (unpaired) electrons. The summed E-state index contributed by atoms with van der Waals surface area (Å²) in [5.41, 5.74) is 0.463. The van der Waals surface area contributed by atoms with Crippen molar-refractivity contribution in [2.75, 3.05) is 6.61 Å². The van der Waals surface area contributed by atoms with Gasteiger partial charge in [-0.25, -0.2) is 4.39 Å². The van der Waals surface area contributed by atoms with Crippen molar-refractivity contribution in [2.24, 2.45) is 5.92 Å². The molecule has 0 unspecified atom stereocenters. The Morgan fingerprint density at radius 2 is 2.04 bits per heavy atom. The van der Waals surface area contributed by atoms with E-state index in [9.17, 15) is 14.0 Å². The number of nitrogens with one attached hydrogen (secondary N) is 1. The zero-order valence-corrected chi connectivity index (χ0v) is 13.7. The minimum Gasteiger partial charge on any atom is -0.378 e. The molecule has 2 rings (SSSR count). The summed E-state index contributed by atoms with van der Waals surface area (Å²) in [4.78, 5) is 24.4. The highest BCUT2D eigenvalue weighted by Crippen LogP contribution is 2.22. The van der Waals surface area contributed by atoms with Crippen LogP contribution in [0.5, 0.6) is 0 Å². The molecule has 0 bridgehead atoms. The van der Waals surface area contributed by atoms with E-state index in [2.05, 4.69) is 12.2 Å². The molecule has 3 atom stereocenters. The first-order valence-corrected chi connectivity index (χ1v) is 8.20. The number of benzene rings is 1.